The molecule has 0 aromatic heterocycles. The molecule has 0 spiro atoms. The van der Waals surface area contributed by atoms with Gasteiger partial charge < -0.3 is 20.3 Å². The molecule has 0 rings (SSSR count). The van der Waals surface area contributed by atoms with E-state index in [2.05, 4.69) is 31.3 Å². The van der Waals surface area contributed by atoms with Gasteiger partial charge in [0.15, 0.2) is 0 Å². The van der Waals surface area contributed by atoms with E-state index in [-0.39, 0.29) is 18.5 Å². The number of hydrogen-bond acceptors (Lipinski definition) is 5. The molecular weight excluding hydrogens is 791 g/mol. The number of aliphatic hydroxyl groups is 2. The molecule has 0 saturated heterocycles. The van der Waals surface area contributed by atoms with Crippen molar-refractivity contribution in [3.8, 4) is 0 Å². The van der Waals surface area contributed by atoms with Crippen LogP contribution in [0, 0.1) is 0 Å². The Bertz CT molecular complexity index is 955. The van der Waals surface area contributed by atoms with E-state index in [1.165, 1.54) is 212 Å². The lowest BCUT2D eigenvalue weighted by Crippen LogP contribution is -2.45. The van der Waals surface area contributed by atoms with E-state index in [9.17, 15) is 19.8 Å². The zero-order valence-electron chi connectivity index (χ0n) is 43.3. The summed E-state index contributed by atoms with van der Waals surface area (Å²) >= 11 is 0. The minimum absolute atomic E-state index is 0.0304. The van der Waals surface area contributed by atoms with Gasteiger partial charge in [-0.3, -0.25) is 9.59 Å². The second kappa shape index (κ2) is 54.2. The Kier molecular flexibility index (Phi) is 53.0. The number of hydrogen-bond donors (Lipinski definition) is 3. The highest BCUT2D eigenvalue weighted by Gasteiger charge is 2.20. The monoisotopic (exact) mass is 904 g/mol. The van der Waals surface area contributed by atoms with Crippen molar-refractivity contribution in [3.05, 3.63) is 12.2 Å². The van der Waals surface area contributed by atoms with Gasteiger partial charge >= 0.3 is 5.97 Å². The number of esters is 1. The van der Waals surface area contributed by atoms with E-state index in [1.807, 2.05) is 0 Å². The number of unbranched alkanes of at least 4 members (excludes halogenated alkanes) is 41. The van der Waals surface area contributed by atoms with Gasteiger partial charge in [0.2, 0.25) is 5.91 Å². The minimum atomic E-state index is -0.682. The first-order valence-electron chi connectivity index (χ1n) is 28.9. The van der Waals surface area contributed by atoms with Gasteiger partial charge in [-0.25, -0.2) is 0 Å². The van der Waals surface area contributed by atoms with Gasteiger partial charge in [0.25, 0.3) is 0 Å². The molecule has 0 aromatic rings. The lowest BCUT2D eigenvalue weighted by molar-refractivity contribution is -0.143. The predicted molar refractivity (Wildman–Crippen MR) is 278 cm³/mol. The van der Waals surface area contributed by atoms with Gasteiger partial charge in [0.1, 0.15) is 0 Å². The lowest BCUT2D eigenvalue weighted by atomic mass is 10.0. The molecule has 0 aliphatic rings. The number of rotatable bonds is 54. The highest BCUT2D eigenvalue weighted by molar-refractivity contribution is 5.76. The maximum Gasteiger partial charge on any atom is 0.305 e. The second-order valence-corrected chi connectivity index (χ2v) is 20.0. The fraction of sp³-hybridized carbons (Fsp3) is 0.931. The predicted octanol–water partition coefficient (Wildman–Crippen LogP) is 17.7. The zero-order chi connectivity index (χ0) is 46.5. The zero-order valence-corrected chi connectivity index (χ0v) is 43.3. The normalized spacial score (nSPS) is 12.6. The van der Waals surface area contributed by atoms with E-state index >= 15 is 0 Å². The minimum Gasteiger partial charge on any atom is -0.466 e. The van der Waals surface area contributed by atoms with Crippen molar-refractivity contribution in [2.45, 2.75) is 334 Å². The summed E-state index contributed by atoms with van der Waals surface area (Å²) < 4.78 is 5.42. The molecule has 1 amide bonds. The van der Waals surface area contributed by atoms with Crippen LogP contribution >= 0.6 is 0 Å². The van der Waals surface area contributed by atoms with Crippen LogP contribution in [-0.2, 0) is 14.3 Å². The summed E-state index contributed by atoms with van der Waals surface area (Å²) in [6.45, 7) is 4.89. The SMILES string of the molecule is CCCCCCCCCCCCCCCCCCCCCCCCCCCC(O)C(CO)NC(=O)CCCCCCC/C=C\CCCCOC(=O)CCCCCCCCCCCCC. The Labute approximate surface area is 399 Å². The molecule has 0 fully saturated rings. The van der Waals surface area contributed by atoms with E-state index in [0.29, 0.717) is 25.9 Å². The van der Waals surface area contributed by atoms with Crippen LogP contribution in [0.5, 0.6) is 0 Å². The largest absolute Gasteiger partial charge is 0.466 e. The quantitative estimate of drug-likeness (QED) is 0.0321. The maximum atomic E-state index is 12.5. The standard InChI is InChI=1S/C58H113NO5/c1-3-5-7-9-11-13-15-16-17-18-19-20-21-22-23-24-25-26-27-28-31-34-38-42-46-50-56(61)55(54-60)59-57(62)51-47-43-39-35-32-29-33-37-41-45-49-53-64-58(63)52-48-44-40-36-30-14-12-10-8-6-4-2/h33,37,55-56,60-61H,3-32,34-36,38-54H2,1-2H3,(H,59,62)/b37-33-. The summed E-state index contributed by atoms with van der Waals surface area (Å²) in [6, 6.07) is -0.562. The Morgan fingerprint density at radius 2 is 0.734 bits per heavy atom. The summed E-state index contributed by atoms with van der Waals surface area (Å²) in [4.78, 5) is 24.5. The molecule has 0 aromatic carbocycles. The van der Waals surface area contributed by atoms with Crippen LogP contribution in [-0.4, -0.2) is 47.4 Å². The van der Waals surface area contributed by atoms with Crippen LogP contribution in [0.3, 0.4) is 0 Å². The molecule has 0 aliphatic carbocycles. The Balaban J connectivity index is 3.48. The van der Waals surface area contributed by atoms with Gasteiger partial charge in [-0.1, -0.05) is 270 Å². The fourth-order valence-corrected chi connectivity index (χ4v) is 9.11. The molecule has 0 radical (unpaired) electrons. The van der Waals surface area contributed by atoms with Crippen molar-refractivity contribution in [3.63, 3.8) is 0 Å². The van der Waals surface area contributed by atoms with Gasteiger partial charge in [0.05, 0.1) is 25.4 Å². The molecule has 0 bridgehead atoms. The van der Waals surface area contributed by atoms with Crippen molar-refractivity contribution >= 4 is 11.9 Å². The van der Waals surface area contributed by atoms with Crippen LogP contribution in [0.1, 0.15) is 322 Å². The van der Waals surface area contributed by atoms with Crippen LogP contribution in [0.2, 0.25) is 0 Å². The first kappa shape index (κ1) is 62.6. The molecular formula is C58H113NO5. The smallest absolute Gasteiger partial charge is 0.305 e. The maximum absolute atomic E-state index is 12.5. The van der Waals surface area contributed by atoms with E-state index in [1.54, 1.807) is 0 Å². The van der Waals surface area contributed by atoms with Crippen molar-refractivity contribution < 1.29 is 24.5 Å². The third-order valence-electron chi connectivity index (χ3n) is 13.6. The van der Waals surface area contributed by atoms with Gasteiger partial charge in [-0.2, -0.15) is 0 Å². The molecule has 380 valence electrons. The lowest BCUT2D eigenvalue weighted by Gasteiger charge is -2.22. The van der Waals surface area contributed by atoms with Gasteiger partial charge in [-0.05, 0) is 51.4 Å². The summed E-state index contributed by atoms with van der Waals surface area (Å²) in [5.74, 6) is -0.0906. The number of carbonyl (C=O) groups excluding carboxylic acids is 2. The first-order valence-corrected chi connectivity index (χ1v) is 28.9. The number of nitrogens with one attached hydrogen (secondary N) is 1. The summed E-state index contributed by atoms with van der Waals surface area (Å²) in [5.41, 5.74) is 0. The van der Waals surface area contributed by atoms with Crippen LogP contribution in [0.4, 0.5) is 0 Å². The Morgan fingerprint density at radius 1 is 0.422 bits per heavy atom. The van der Waals surface area contributed by atoms with Crippen molar-refractivity contribution in [2.24, 2.45) is 0 Å². The van der Waals surface area contributed by atoms with Crippen molar-refractivity contribution in [1.82, 2.24) is 5.32 Å². The molecule has 6 nitrogen and oxygen atoms in total. The van der Waals surface area contributed by atoms with E-state index in [4.69, 9.17) is 4.74 Å². The van der Waals surface area contributed by atoms with Gasteiger partial charge in [-0.15, -0.1) is 0 Å². The molecule has 2 unspecified atom stereocenters. The van der Waals surface area contributed by atoms with Crippen LogP contribution < -0.4 is 5.32 Å². The summed E-state index contributed by atoms with van der Waals surface area (Å²) in [7, 11) is 0. The number of allylic oxidation sites excluding steroid dienone is 2. The van der Waals surface area contributed by atoms with Crippen LogP contribution in [0.15, 0.2) is 12.2 Å². The average molecular weight is 905 g/mol. The number of amides is 1. The topological polar surface area (TPSA) is 95.9 Å². The molecule has 2 atom stereocenters. The third kappa shape index (κ3) is 50.0. The average Bonchev–Trinajstić information content (AvgIpc) is 3.29. The van der Waals surface area contributed by atoms with E-state index < -0.39 is 12.1 Å². The Hall–Kier alpha value is -1.40. The highest BCUT2D eigenvalue weighted by Crippen LogP contribution is 2.18. The van der Waals surface area contributed by atoms with Crippen molar-refractivity contribution in [1.29, 1.82) is 0 Å². The summed E-state index contributed by atoms with van der Waals surface area (Å²) in [5, 5.41) is 23.3. The number of carbonyl (C=O) groups is 2. The van der Waals surface area contributed by atoms with Gasteiger partial charge in [0, 0.05) is 12.8 Å². The highest BCUT2D eigenvalue weighted by atomic mass is 16.5. The third-order valence-corrected chi connectivity index (χ3v) is 13.6. The van der Waals surface area contributed by atoms with E-state index in [0.717, 1.165) is 77.0 Å². The van der Waals surface area contributed by atoms with Crippen LogP contribution in [0.25, 0.3) is 0 Å². The second-order valence-electron chi connectivity index (χ2n) is 20.0. The molecule has 64 heavy (non-hydrogen) atoms. The molecule has 0 heterocycles. The number of aliphatic hydroxyl groups excluding tert-OH is 2. The molecule has 0 aliphatic heterocycles. The Morgan fingerprint density at radius 3 is 1.11 bits per heavy atom. The fourth-order valence-electron chi connectivity index (χ4n) is 9.11. The molecule has 6 heteroatoms. The van der Waals surface area contributed by atoms with Crippen molar-refractivity contribution in [2.75, 3.05) is 13.2 Å². The molecule has 3 N–H and O–H groups in total. The summed E-state index contributed by atoms with van der Waals surface area (Å²) in [6.07, 6.45) is 63.5. The first-order chi connectivity index (χ1) is 31.5. The molecule has 0 saturated carbocycles. The number of ether oxygens (including phenoxy) is 1.